The van der Waals surface area contributed by atoms with Crippen molar-refractivity contribution in [1.29, 1.82) is 0 Å². The summed E-state index contributed by atoms with van der Waals surface area (Å²) in [5.74, 6) is 0. The molecule has 0 unspecified atom stereocenters. The van der Waals surface area contributed by atoms with E-state index in [-0.39, 0.29) is 0 Å². The maximum absolute atomic E-state index is 6.01. The quantitative estimate of drug-likeness (QED) is 0.659. The van der Waals surface area contributed by atoms with Gasteiger partial charge in [0.15, 0.2) is 10.3 Å². The zero-order valence-electron chi connectivity index (χ0n) is 9.68. The van der Waals surface area contributed by atoms with E-state index < -0.39 is 0 Å². The highest BCUT2D eigenvalue weighted by atomic mass is 35.5. The molecule has 0 aliphatic carbocycles. The second-order valence-corrected chi connectivity index (χ2v) is 5.79. The molecule has 0 aliphatic heterocycles. The predicted molar refractivity (Wildman–Crippen MR) is 80.1 cm³/mol. The van der Waals surface area contributed by atoms with Gasteiger partial charge in [0.05, 0.1) is 4.90 Å². The van der Waals surface area contributed by atoms with Crippen LogP contribution in [0.5, 0.6) is 0 Å². The maximum atomic E-state index is 6.01. The number of rotatable bonds is 2. The number of nitrogens with zero attached hydrogens (tertiary/aromatic N) is 2. The fourth-order valence-electron chi connectivity index (χ4n) is 1.77. The van der Waals surface area contributed by atoms with Gasteiger partial charge in [-0.05, 0) is 29.0 Å². The summed E-state index contributed by atoms with van der Waals surface area (Å²) >= 11 is 13.4. The van der Waals surface area contributed by atoms with Crippen LogP contribution < -0.4 is 0 Å². The molecule has 3 aromatic rings. The first-order valence-electron chi connectivity index (χ1n) is 5.58. The van der Waals surface area contributed by atoms with E-state index in [1.165, 1.54) is 22.5 Å². The van der Waals surface area contributed by atoms with Gasteiger partial charge < -0.3 is 0 Å². The Morgan fingerprint density at radius 3 is 2.47 bits per heavy atom. The van der Waals surface area contributed by atoms with Crippen molar-refractivity contribution in [3.63, 3.8) is 0 Å². The summed E-state index contributed by atoms with van der Waals surface area (Å²) in [7, 11) is 0. The molecule has 94 valence electrons. The van der Waals surface area contributed by atoms with Gasteiger partial charge in [0.1, 0.15) is 0 Å². The van der Waals surface area contributed by atoms with Crippen molar-refractivity contribution in [1.82, 2.24) is 10.2 Å². The molecule has 0 saturated heterocycles. The number of hydrogen-bond donors (Lipinski definition) is 0. The Labute approximate surface area is 124 Å². The summed E-state index contributed by atoms with van der Waals surface area (Å²) in [6.07, 6.45) is 0. The van der Waals surface area contributed by atoms with E-state index in [0.29, 0.717) is 10.3 Å². The van der Waals surface area contributed by atoms with Crippen LogP contribution in [0.15, 0.2) is 58.3 Å². The molecule has 0 spiro atoms. The summed E-state index contributed by atoms with van der Waals surface area (Å²) in [6, 6.07) is 16.2. The summed E-state index contributed by atoms with van der Waals surface area (Å²) < 4.78 is 0. The van der Waals surface area contributed by atoms with Crippen LogP contribution in [0, 0.1) is 0 Å². The van der Waals surface area contributed by atoms with E-state index in [4.69, 9.17) is 23.2 Å². The second kappa shape index (κ2) is 5.37. The molecule has 3 rings (SSSR count). The van der Waals surface area contributed by atoms with E-state index >= 15 is 0 Å². The van der Waals surface area contributed by atoms with Crippen LogP contribution in [0.2, 0.25) is 10.3 Å². The van der Waals surface area contributed by atoms with Gasteiger partial charge in [0, 0.05) is 4.90 Å². The number of halogens is 2. The normalized spacial score (nSPS) is 10.8. The van der Waals surface area contributed by atoms with Crippen LogP contribution in [0.3, 0.4) is 0 Å². The molecule has 2 aromatic carbocycles. The maximum Gasteiger partial charge on any atom is 0.165 e. The average molecular weight is 307 g/mol. The third-order valence-electron chi connectivity index (χ3n) is 2.64. The Hall–Kier alpha value is -1.29. The number of hydrogen-bond acceptors (Lipinski definition) is 3. The number of aromatic nitrogens is 2. The van der Waals surface area contributed by atoms with Gasteiger partial charge in [-0.1, -0.05) is 65.3 Å². The van der Waals surface area contributed by atoms with Gasteiger partial charge in [-0.2, -0.15) is 0 Å². The lowest BCUT2D eigenvalue weighted by Gasteiger charge is -2.05. The first-order valence-corrected chi connectivity index (χ1v) is 7.15. The molecule has 0 atom stereocenters. The van der Waals surface area contributed by atoms with Crippen LogP contribution >= 0.6 is 35.0 Å². The van der Waals surface area contributed by atoms with E-state index in [0.717, 1.165) is 9.79 Å². The van der Waals surface area contributed by atoms with Crippen molar-refractivity contribution >= 4 is 45.7 Å². The van der Waals surface area contributed by atoms with Crippen molar-refractivity contribution in [3.8, 4) is 0 Å². The highest BCUT2D eigenvalue weighted by Gasteiger charge is 2.06. The van der Waals surface area contributed by atoms with Gasteiger partial charge in [0.25, 0.3) is 0 Å². The lowest BCUT2D eigenvalue weighted by atomic mass is 10.1. The minimum Gasteiger partial charge on any atom is -0.137 e. The minimum atomic E-state index is 0.340. The Morgan fingerprint density at radius 2 is 1.63 bits per heavy atom. The van der Waals surface area contributed by atoms with Crippen molar-refractivity contribution in [2.45, 2.75) is 9.79 Å². The Morgan fingerprint density at radius 1 is 0.842 bits per heavy atom. The largest absolute Gasteiger partial charge is 0.165 e. The lowest BCUT2D eigenvalue weighted by molar-refractivity contribution is 0.998. The zero-order chi connectivity index (χ0) is 13.2. The molecule has 0 aliphatic rings. The summed E-state index contributed by atoms with van der Waals surface area (Å²) in [4.78, 5) is 1.89. The molecular formula is C14H8Cl2N2S. The SMILES string of the molecule is Clc1cc(Sc2ccc3ccccc3c2)c(Cl)nn1. The van der Waals surface area contributed by atoms with Crippen molar-refractivity contribution < 1.29 is 0 Å². The molecule has 2 nitrogen and oxygen atoms in total. The molecular weight excluding hydrogens is 299 g/mol. The van der Waals surface area contributed by atoms with Gasteiger partial charge in [-0.15, -0.1) is 10.2 Å². The van der Waals surface area contributed by atoms with Crippen LogP contribution in [0.25, 0.3) is 10.8 Å². The molecule has 0 radical (unpaired) electrons. The second-order valence-electron chi connectivity index (χ2n) is 3.93. The average Bonchev–Trinajstić information content (AvgIpc) is 2.43. The van der Waals surface area contributed by atoms with E-state index in [9.17, 15) is 0 Å². The van der Waals surface area contributed by atoms with Gasteiger partial charge in [-0.3, -0.25) is 0 Å². The van der Waals surface area contributed by atoms with Crippen LogP contribution in [0.1, 0.15) is 0 Å². The number of benzene rings is 2. The Bertz CT molecular complexity index is 746. The smallest absolute Gasteiger partial charge is 0.137 e. The topological polar surface area (TPSA) is 25.8 Å². The molecule has 0 N–H and O–H groups in total. The first-order chi connectivity index (χ1) is 9.22. The lowest BCUT2D eigenvalue weighted by Crippen LogP contribution is -1.86. The molecule has 0 fully saturated rings. The highest BCUT2D eigenvalue weighted by Crippen LogP contribution is 2.34. The molecule has 0 amide bonds. The molecule has 0 bridgehead atoms. The van der Waals surface area contributed by atoms with E-state index in [1.54, 1.807) is 6.07 Å². The zero-order valence-corrected chi connectivity index (χ0v) is 12.0. The molecule has 19 heavy (non-hydrogen) atoms. The van der Waals surface area contributed by atoms with E-state index in [1.807, 2.05) is 12.1 Å². The van der Waals surface area contributed by atoms with Gasteiger partial charge >= 0.3 is 0 Å². The van der Waals surface area contributed by atoms with Crippen LogP contribution in [-0.4, -0.2) is 10.2 Å². The third-order valence-corrected chi connectivity index (χ3v) is 4.23. The summed E-state index contributed by atoms with van der Waals surface area (Å²) in [6.45, 7) is 0. The van der Waals surface area contributed by atoms with Crippen molar-refractivity contribution in [3.05, 3.63) is 58.8 Å². The Balaban J connectivity index is 1.98. The van der Waals surface area contributed by atoms with Crippen LogP contribution in [-0.2, 0) is 0 Å². The third kappa shape index (κ3) is 2.84. The van der Waals surface area contributed by atoms with Gasteiger partial charge in [0.2, 0.25) is 0 Å². The molecule has 5 heteroatoms. The minimum absolute atomic E-state index is 0.340. The molecule has 1 aromatic heterocycles. The van der Waals surface area contributed by atoms with Gasteiger partial charge in [-0.25, -0.2) is 0 Å². The Kier molecular flexibility index (Phi) is 3.60. The van der Waals surface area contributed by atoms with Crippen LogP contribution in [0.4, 0.5) is 0 Å². The summed E-state index contributed by atoms with van der Waals surface area (Å²) in [5, 5.41) is 10.6. The standard InChI is InChI=1S/C14H8Cl2N2S/c15-13-8-12(14(16)18-17-13)19-11-6-5-9-3-1-2-4-10(9)7-11/h1-8H. The first kappa shape index (κ1) is 12.7. The fraction of sp³-hybridized carbons (Fsp3) is 0. The van der Waals surface area contributed by atoms with E-state index in [2.05, 4.69) is 40.5 Å². The molecule has 0 saturated carbocycles. The van der Waals surface area contributed by atoms with Crippen molar-refractivity contribution in [2.75, 3.05) is 0 Å². The molecule has 1 heterocycles. The monoisotopic (exact) mass is 306 g/mol. The van der Waals surface area contributed by atoms with Crippen molar-refractivity contribution in [2.24, 2.45) is 0 Å². The predicted octanol–water partition coefficient (Wildman–Crippen LogP) is 5.09. The summed E-state index contributed by atoms with van der Waals surface area (Å²) in [5.41, 5.74) is 0. The highest BCUT2D eigenvalue weighted by molar-refractivity contribution is 7.99. The number of fused-ring (bicyclic) bond motifs is 1. The fourth-order valence-corrected chi connectivity index (χ4v) is 3.06.